The van der Waals surface area contributed by atoms with Gasteiger partial charge in [0, 0.05) is 11.1 Å². The van der Waals surface area contributed by atoms with Gasteiger partial charge in [0.1, 0.15) is 0 Å². The molecule has 2 rings (SSSR count). The van der Waals surface area contributed by atoms with Gasteiger partial charge in [0.2, 0.25) is 5.76 Å². The van der Waals surface area contributed by atoms with Crippen molar-refractivity contribution in [3.05, 3.63) is 46.3 Å². The van der Waals surface area contributed by atoms with Gasteiger partial charge in [0.15, 0.2) is 0 Å². The van der Waals surface area contributed by atoms with Crippen molar-refractivity contribution in [2.75, 3.05) is 5.32 Å². The minimum atomic E-state index is -0.415. The lowest BCUT2D eigenvalue weighted by atomic mass is 10.3. The maximum atomic E-state index is 11.6. The molecular formula is C10H6Cl2N2O2. The number of benzene rings is 1. The number of anilines is 1. The summed E-state index contributed by atoms with van der Waals surface area (Å²) in [4.78, 5) is 11.6. The van der Waals surface area contributed by atoms with E-state index in [9.17, 15) is 4.79 Å². The summed E-state index contributed by atoms with van der Waals surface area (Å²) in [6.07, 6.45) is 1.39. The van der Waals surface area contributed by atoms with Crippen molar-refractivity contribution < 1.29 is 9.32 Å². The highest BCUT2D eigenvalue weighted by Crippen LogP contribution is 2.25. The van der Waals surface area contributed by atoms with Crippen LogP contribution in [0.3, 0.4) is 0 Å². The molecular weight excluding hydrogens is 251 g/mol. The SMILES string of the molecule is O=C(Nc1ccc(Cl)cc1Cl)c1ccno1. The molecule has 0 aliphatic rings. The first kappa shape index (κ1) is 11.0. The fraction of sp³-hybridized carbons (Fsp3) is 0. The van der Waals surface area contributed by atoms with Crippen LogP contribution < -0.4 is 5.32 Å². The Balaban J connectivity index is 2.18. The lowest BCUT2D eigenvalue weighted by molar-refractivity contribution is 0.0988. The number of nitrogens with zero attached hydrogens (tertiary/aromatic N) is 1. The highest BCUT2D eigenvalue weighted by atomic mass is 35.5. The van der Waals surface area contributed by atoms with Gasteiger partial charge in [-0.05, 0) is 18.2 Å². The largest absolute Gasteiger partial charge is 0.351 e. The van der Waals surface area contributed by atoms with E-state index in [0.717, 1.165) is 0 Å². The van der Waals surface area contributed by atoms with Crippen molar-refractivity contribution >= 4 is 34.8 Å². The van der Waals surface area contributed by atoms with Crippen LogP contribution in [0.4, 0.5) is 5.69 Å². The third kappa shape index (κ3) is 2.35. The summed E-state index contributed by atoms with van der Waals surface area (Å²) in [6.45, 7) is 0. The average molecular weight is 257 g/mol. The topological polar surface area (TPSA) is 55.1 Å². The number of amides is 1. The summed E-state index contributed by atoms with van der Waals surface area (Å²) < 4.78 is 4.70. The van der Waals surface area contributed by atoms with Gasteiger partial charge in [-0.3, -0.25) is 4.79 Å². The van der Waals surface area contributed by atoms with Crippen LogP contribution in [0.25, 0.3) is 0 Å². The number of carbonyl (C=O) groups excluding carboxylic acids is 1. The highest BCUT2D eigenvalue weighted by molar-refractivity contribution is 6.36. The second-order valence-electron chi connectivity index (χ2n) is 2.95. The predicted molar refractivity (Wildman–Crippen MR) is 60.9 cm³/mol. The number of hydrogen-bond acceptors (Lipinski definition) is 3. The standard InChI is InChI=1S/C10H6Cl2N2O2/c11-6-1-2-8(7(12)5-6)14-10(15)9-3-4-13-16-9/h1-5H,(H,14,15). The maximum absolute atomic E-state index is 11.6. The summed E-state index contributed by atoms with van der Waals surface area (Å²) in [5.74, 6) is -0.298. The summed E-state index contributed by atoms with van der Waals surface area (Å²) in [7, 11) is 0. The van der Waals surface area contributed by atoms with Gasteiger partial charge in [0.05, 0.1) is 16.9 Å². The normalized spacial score (nSPS) is 10.1. The number of halogens is 2. The molecule has 0 aliphatic carbocycles. The smallest absolute Gasteiger partial charge is 0.294 e. The number of nitrogens with one attached hydrogen (secondary N) is 1. The van der Waals surface area contributed by atoms with E-state index in [2.05, 4.69) is 10.5 Å². The van der Waals surface area contributed by atoms with Crippen LogP contribution in [-0.4, -0.2) is 11.1 Å². The molecule has 1 amide bonds. The monoisotopic (exact) mass is 256 g/mol. The number of aromatic nitrogens is 1. The van der Waals surface area contributed by atoms with Crippen molar-refractivity contribution in [1.82, 2.24) is 5.16 Å². The first-order valence-corrected chi connectivity index (χ1v) is 5.09. The van der Waals surface area contributed by atoms with Gasteiger partial charge >= 0.3 is 0 Å². The molecule has 0 radical (unpaired) electrons. The van der Waals surface area contributed by atoms with Crippen LogP contribution in [0.15, 0.2) is 35.0 Å². The minimum absolute atomic E-state index is 0.117. The minimum Gasteiger partial charge on any atom is -0.351 e. The fourth-order valence-corrected chi connectivity index (χ4v) is 1.56. The molecule has 0 saturated carbocycles. The van der Waals surface area contributed by atoms with Gasteiger partial charge in [-0.15, -0.1) is 0 Å². The van der Waals surface area contributed by atoms with Gasteiger partial charge in [-0.1, -0.05) is 28.4 Å². The number of carbonyl (C=O) groups is 1. The van der Waals surface area contributed by atoms with Crippen molar-refractivity contribution in [1.29, 1.82) is 0 Å². The van der Waals surface area contributed by atoms with E-state index in [1.807, 2.05) is 0 Å². The molecule has 0 saturated heterocycles. The van der Waals surface area contributed by atoms with Crippen molar-refractivity contribution in [2.45, 2.75) is 0 Å². The van der Waals surface area contributed by atoms with Crippen LogP contribution >= 0.6 is 23.2 Å². The summed E-state index contributed by atoms with van der Waals surface area (Å²) >= 11 is 11.6. The molecule has 1 N–H and O–H groups in total. The van der Waals surface area contributed by atoms with Gasteiger partial charge in [-0.2, -0.15) is 0 Å². The third-order valence-corrected chi connectivity index (χ3v) is 2.39. The molecule has 4 nitrogen and oxygen atoms in total. The van der Waals surface area contributed by atoms with Crippen molar-refractivity contribution in [3.8, 4) is 0 Å². The zero-order valence-corrected chi connectivity index (χ0v) is 9.42. The summed E-state index contributed by atoms with van der Waals surface area (Å²) in [5.41, 5.74) is 0.465. The molecule has 16 heavy (non-hydrogen) atoms. The molecule has 82 valence electrons. The van der Waals surface area contributed by atoms with Crippen LogP contribution in [0.1, 0.15) is 10.6 Å². The fourth-order valence-electron chi connectivity index (χ4n) is 1.11. The molecule has 0 unspecified atom stereocenters. The Morgan fingerprint density at radius 2 is 2.12 bits per heavy atom. The first-order chi connectivity index (χ1) is 7.66. The summed E-state index contributed by atoms with van der Waals surface area (Å²) in [6, 6.07) is 6.24. The van der Waals surface area contributed by atoms with Gasteiger partial charge < -0.3 is 9.84 Å². The molecule has 2 aromatic rings. The third-order valence-electron chi connectivity index (χ3n) is 1.84. The number of hydrogen-bond donors (Lipinski definition) is 1. The quantitative estimate of drug-likeness (QED) is 0.898. The van der Waals surface area contributed by atoms with Gasteiger partial charge in [-0.25, -0.2) is 0 Å². The molecule has 6 heteroatoms. The second-order valence-corrected chi connectivity index (χ2v) is 3.80. The van der Waals surface area contributed by atoms with Crippen LogP contribution in [0, 0.1) is 0 Å². The second kappa shape index (κ2) is 4.55. The Morgan fingerprint density at radius 1 is 1.31 bits per heavy atom. The summed E-state index contributed by atoms with van der Waals surface area (Å²) in [5, 5.41) is 6.87. The van der Waals surface area contributed by atoms with E-state index >= 15 is 0 Å². The molecule has 0 spiro atoms. The van der Waals surface area contributed by atoms with E-state index in [1.54, 1.807) is 18.2 Å². The highest BCUT2D eigenvalue weighted by Gasteiger charge is 2.11. The number of rotatable bonds is 2. The lowest BCUT2D eigenvalue weighted by Crippen LogP contribution is -2.11. The van der Waals surface area contributed by atoms with Crippen molar-refractivity contribution in [2.24, 2.45) is 0 Å². The molecule has 0 bridgehead atoms. The van der Waals surface area contributed by atoms with Gasteiger partial charge in [0.25, 0.3) is 5.91 Å². The Bertz CT molecular complexity index is 512. The van der Waals surface area contributed by atoms with E-state index in [0.29, 0.717) is 15.7 Å². The van der Waals surface area contributed by atoms with Crippen molar-refractivity contribution in [3.63, 3.8) is 0 Å². The molecule has 0 atom stereocenters. The van der Waals surface area contributed by atoms with Crippen LogP contribution in [-0.2, 0) is 0 Å². The van der Waals surface area contributed by atoms with E-state index < -0.39 is 5.91 Å². The van der Waals surface area contributed by atoms with Crippen LogP contribution in [0.2, 0.25) is 10.0 Å². The molecule has 0 aliphatic heterocycles. The Labute approximate surface area is 101 Å². The lowest BCUT2D eigenvalue weighted by Gasteiger charge is -2.04. The Kier molecular flexibility index (Phi) is 3.12. The molecule has 1 heterocycles. The molecule has 1 aromatic heterocycles. The van der Waals surface area contributed by atoms with Crippen LogP contribution in [0.5, 0.6) is 0 Å². The Hall–Kier alpha value is -1.52. The zero-order chi connectivity index (χ0) is 11.5. The average Bonchev–Trinajstić information content (AvgIpc) is 2.75. The molecule has 0 fully saturated rings. The Morgan fingerprint density at radius 3 is 2.75 bits per heavy atom. The predicted octanol–water partition coefficient (Wildman–Crippen LogP) is 3.23. The van der Waals surface area contributed by atoms with E-state index in [1.165, 1.54) is 12.3 Å². The maximum Gasteiger partial charge on any atom is 0.294 e. The molecule has 1 aromatic carbocycles. The van der Waals surface area contributed by atoms with E-state index in [4.69, 9.17) is 27.7 Å². The van der Waals surface area contributed by atoms with E-state index in [-0.39, 0.29) is 5.76 Å². The zero-order valence-electron chi connectivity index (χ0n) is 7.91. The first-order valence-electron chi connectivity index (χ1n) is 4.34.